The topological polar surface area (TPSA) is 48.0 Å². The number of halogens is 1. The lowest BCUT2D eigenvalue weighted by atomic mass is 10.2. The van der Waals surface area contributed by atoms with Gasteiger partial charge in [-0.05, 0) is 69.9 Å². The van der Waals surface area contributed by atoms with Crippen molar-refractivity contribution in [1.29, 1.82) is 0 Å². The third kappa shape index (κ3) is 6.70. The van der Waals surface area contributed by atoms with Crippen LogP contribution in [0.2, 0.25) is 18.1 Å². The van der Waals surface area contributed by atoms with Crippen LogP contribution in [0.25, 0.3) is 0 Å². The average Bonchev–Trinajstić information content (AvgIpc) is 3.05. The molecular formula is C23H38FNO4Si. The second kappa shape index (κ2) is 9.26. The molecule has 0 unspecified atom stereocenters. The van der Waals surface area contributed by atoms with Crippen LogP contribution in [0.4, 0.5) is 9.18 Å². The third-order valence-corrected chi connectivity index (χ3v) is 10.3. The number of likely N-dealkylation sites (tertiary alicyclic amines) is 1. The van der Waals surface area contributed by atoms with Crippen LogP contribution >= 0.6 is 0 Å². The first-order valence-corrected chi connectivity index (χ1v) is 13.7. The number of amides is 1. The van der Waals surface area contributed by atoms with E-state index in [1.54, 1.807) is 11.0 Å². The van der Waals surface area contributed by atoms with Gasteiger partial charge in [0.1, 0.15) is 23.8 Å². The Morgan fingerprint density at radius 1 is 1.20 bits per heavy atom. The Morgan fingerprint density at radius 2 is 1.87 bits per heavy atom. The average molecular weight is 440 g/mol. The number of nitrogens with zero attached hydrogens (tertiary/aromatic N) is 1. The van der Waals surface area contributed by atoms with E-state index in [0.717, 1.165) is 12.8 Å². The van der Waals surface area contributed by atoms with Crippen molar-refractivity contribution >= 4 is 14.4 Å². The summed E-state index contributed by atoms with van der Waals surface area (Å²) in [5.74, 6) is 0.290. The quantitative estimate of drug-likeness (QED) is 0.501. The molecular weight excluding hydrogens is 401 g/mol. The molecule has 1 aromatic rings. The van der Waals surface area contributed by atoms with Crippen LogP contribution in [0.5, 0.6) is 5.75 Å². The first kappa shape index (κ1) is 24.7. The number of rotatable bonds is 6. The third-order valence-electron chi connectivity index (χ3n) is 5.85. The molecule has 1 aromatic carbocycles. The largest absolute Gasteiger partial charge is 0.491 e. The summed E-state index contributed by atoms with van der Waals surface area (Å²) in [6.07, 6.45) is 1.46. The van der Waals surface area contributed by atoms with Crippen LogP contribution in [-0.4, -0.2) is 44.1 Å². The molecule has 1 saturated heterocycles. The fourth-order valence-corrected chi connectivity index (χ4v) is 3.98. The highest BCUT2D eigenvalue weighted by Crippen LogP contribution is 2.37. The van der Waals surface area contributed by atoms with Gasteiger partial charge in [0, 0.05) is 12.1 Å². The van der Waals surface area contributed by atoms with Crippen molar-refractivity contribution in [2.24, 2.45) is 0 Å². The van der Waals surface area contributed by atoms with E-state index in [2.05, 4.69) is 33.9 Å². The van der Waals surface area contributed by atoms with Gasteiger partial charge in [-0.1, -0.05) is 20.8 Å². The highest BCUT2D eigenvalue weighted by atomic mass is 28.4. The fraction of sp³-hybridized carbons (Fsp3) is 0.696. The van der Waals surface area contributed by atoms with Gasteiger partial charge >= 0.3 is 6.09 Å². The SMILES string of the molecule is CC(C)(C)OC(=O)N1CCC[C@H]1COc1ccc(F)cc1CO[Si](C)(C)C(C)(C)C. The molecule has 1 heterocycles. The predicted molar refractivity (Wildman–Crippen MR) is 120 cm³/mol. The van der Waals surface area contributed by atoms with Gasteiger partial charge in [0.15, 0.2) is 8.32 Å². The van der Waals surface area contributed by atoms with Crippen LogP contribution in [0.3, 0.4) is 0 Å². The van der Waals surface area contributed by atoms with Gasteiger partial charge in [-0.25, -0.2) is 9.18 Å². The maximum absolute atomic E-state index is 13.9. The van der Waals surface area contributed by atoms with Gasteiger partial charge in [0.25, 0.3) is 0 Å². The second-order valence-electron chi connectivity index (χ2n) is 10.6. The molecule has 170 valence electrons. The minimum atomic E-state index is -1.97. The molecule has 0 N–H and O–H groups in total. The fourth-order valence-electron chi connectivity index (χ4n) is 3.03. The molecule has 30 heavy (non-hydrogen) atoms. The van der Waals surface area contributed by atoms with Gasteiger partial charge in [0.05, 0.1) is 12.6 Å². The minimum absolute atomic E-state index is 0.0564. The van der Waals surface area contributed by atoms with Crippen molar-refractivity contribution in [2.75, 3.05) is 13.2 Å². The van der Waals surface area contributed by atoms with Crippen molar-refractivity contribution < 1.29 is 23.1 Å². The molecule has 0 aromatic heterocycles. The lowest BCUT2D eigenvalue weighted by Crippen LogP contribution is -2.42. The van der Waals surface area contributed by atoms with Crippen LogP contribution < -0.4 is 4.74 Å². The number of carbonyl (C=O) groups is 1. The Morgan fingerprint density at radius 3 is 2.47 bits per heavy atom. The summed E-state index contributed by atoms with van der Waals surface area (Å²) in [6.45, 7) is 17.8. The molecule has 0 saturated carbocycles. The van der Waals surface area contributed by atoms with Crippen molar-refractivity contribution in [3.63, 3.8) is 0 Å². The zero-order chi connectivity index (χ0) is 22.7. The first-order chi connectivity index (χ1) is 13.7. The Bertz CT molecular complexity index is 740. The molecule has 7 heteroatoms. The van der Waals surface area contributed by atoms with Gasteiger partial charge in [-0.2, -0.15) is 0 Å². The van der Waals surface area contributed by atoms with Crippen LogP contribution in [0, 0.1) is 5.82 Å². The van der Waals surface area contributed by atoms with Crippen LogP contribution in [0.15, 0.2) is 18.2 Å². The Labute approximate surface area is 182 Å². The van der Waals surface area contributed by atoms with Gasteiger partial charge in [0.2, 0.25) is 0 Å². The lowest BCUT2D eigenvalue weighted by molar-refractivity contribution is 0.0186. The van der Waals surface area contributed by atoms with E-state index < -0.39 is 13.9 Å². The molecule has 1 aliphatic rings. The first-order valence-electron chi connectivity index (χ1n) is 10.7. The molecule has 0 radical (unpaired) electrons. The van der Waals surface area contributed by atoms with Crippen LogP contribution in [-0.2, 0) is 15.8 Å². The minimum Gasteiger partial charge on any atom is -0.491 e. The van der Waals surface area contributed by atoms with Crippen molar-refractivity contribution in [3.05, 3.63) is 29.6 Å². The van der Waals surface area contributed by atoms with E-state index in [4.69, 9.17) is 13.9 Å². The van der Waals surface area contributed by atoms with Crippen molar-refractivity contribution in [2.45, 2.75) is 90.8 Å². The summed E-state index contributed by atoms with van der Waals surface area (Å²) >= 11 is 0. The summed E-state index contributed by atoms with van der Waals surface area (Å²) in [5.41, 5.74) is 0.165. The maximum atomic E-state index is 13.9. The number of benzene rings is 1. The predicted octanol–water partition coefficient (Wildman–Crippen LogP) is 6.13. The van der Waals surface area contributed by atoms with Gasteiger partial charge in [-0.3, -0.25) is 0 Å². The molecule has 1 aliphatic heterocycles. The van der Waals surface area contributed by atoms with Gasteiger partial charge in [-0.15, -0.1) is 0 Å². The van der Waals surface area contributed by atoms with E-state index >= 15 is 0 Å². The summed E-state index contributed by atoms with van der Waals surface area (Å²) < 4.78 is 31.7. The van der Waals surface area contributed by atoms with E-state index in [-0.39, 0.29) is 23.0 Å². The molecule has 1 amide bonds. The van der Waals surface area contributed by atoms with Crippen LogP contribution in [0.1, 0.15) is 59.9 Å². The van der Waals surface area contributed by atoms with E-state index in [0.29, 0.717) is 31.1 Å². The molecule has 0 bridgehead atoms. The number of carbonyl (C=O) groups excluding carboxylic acids is 1. The molecule has 1 fully saturated rings. The number of hydrogen-bond donors (Lipinski definition) is 0. The lowest BCUT2D eigenvalue weighted by Gasteiger charge is -2.36. The smallest absolute Gasteiger partial charge is 0.410 e. The van der Waals surface area contributed by atoms with Crippen molar-refractivity contribution in [1.82, 2.24) is 4.90 Å². The Hall–Kier alpha value is -1.60. The zero-order valence-electron chi connectivity index (χ0n) is 19.8. The van der Waals surface area contributed by atoms with Gasteiger partial charge < -0.3 is 18.8 Å². The molecule has 0 aliphatic carbocycles. The second-order valence-corrected chi connectivity index (χ2v) is 15.4. The van der Waals surface area contributed by atoms with E-state index in [1.165, 1.54) is 12.1 Å². The monoisotopic (exact) mass is 439 g/mol. The standard InChI is InChI=1S/C23H38FNO4Si/c1-22(2,3)29-21(26)25-13-9-10-19(25)16-27-20-12-11-18(24)14-17(20)15-28-30(7,8)23(4,5)6/h11-12,14,19H,9-10,13,15-16H2,1-8H3/t19-/m0/s1. The Balaban J connectivity index is 2.05. The number of ether oxygens (including phenoxy) is 2. The molecule has 2 rings (SSSR count). The summed E-state index contributed by atoms with van der Waals surface area (Å²) in [4.78, 5) is 14.2. The summed E-state index contributed by atoms with van der Waals surface area (Å²) in [6, 6.07) is 4.46. The Kier molecular flexibility index (Phi) is 7.62. The van der Waals surface area contributed by atoms with E-state index in [9.17, 15) is 9.18 Å². The normalized spacial score (nSPS) is 17.9. The summed E-state index contributed by atoms with van der Waals surface area (Å²) in [7, 11) is -1.97. The van der Waals surface area contributed by atoms with Crippen molar-refractivity contribution in [3.8, 4) is 5.75 Å². The number of hydrogen-bond acceptors (Lipinski definition) is 4. The van der Waals surface area contributed by atoms with E-state index in [1.807, 2.05) is 20.8 Å². The molecule has 0 spiro atoms. The summed E-state index contributed by atoms with van der Waals surface area (Å²) in [5, 5.41) is 0.0686. The highest BCUT2D eigenvalue weighted by Gasteiger charge is 2.37. The molecule has 1 atom stereocenters. The highest BCUT2D eigenvalue weighted by molar-refractivity contribution is 6.74. The molecule has 5 nitrogen and oxygen atoms in total. The zero-order valence-corrected chi connectivity index (χ0v) is 20.8. The maximum Gasteiger partial charge on any atom is 0.410 e.